The lowest BCUT2D eigenvalue weighted by molar-refractivity contribution is -0.145. The molecule has 0 unspecified atom stereocenters. The van der Waals surface area contributed by atoms with E-state index in [0.29, 0.717) is 9.58 Å². The van der Waals surface area contributed by atoms with E-state index in [2.05, 4.69) is 10.1 Å². The van der Waals surface area contributed by atoms with Gasteiger partial charge in [0.2, 0.25) is 17.8 Å². The molecule has 1 heterocycles. The Hall–Kier alpha value is -3.31. The van der Waals surface area contributed by atoms with Crippen molar-refractivity contribution in [2.45, 2.75) is 33.9 Å². The summed E-state index contributed by atoms with van der Waals surface area (Å²) in [4.78, 5) is 39.2. The number of benzene rings is 1. The van der Waals surface area contributed by atoms with Crippen LogP contribution in [0.4, 0.5) is 23.5 Å². The van der Waals surface area contributed by atoms with Gasteiger partial charge in [0.1, 0.15) is 11.5 Å². The highest BCUT2D eigenvalue weighted by Gasteiger charge is 2.39. The van der Waals surface area contributed by atoms with Crippen LogP contribution in [0.25, 0.3) is 5.69 Å². The van der Waals surface area contributed by atoms with E-state index in [-0.39, 0.29) is 17.7 Å². The van der Waals surface area contributed by atoms with Crippen molar-refractivity contribution in [3.8, 4) is 5.69 Å². The molecule has 0 aliphatic carbocycles. The van der Waals surface area contributed by atoms with Crippen LogP contribution in [0.1, 0.15) is 42.5 Å². The van der Waals surface area contributed by atoms with Gasteiger partial charge in [-0.1, -0.05) is 0 Å². The molecule has 1 aromatic heterocycles. The molecule has 29 heavy (non-hydrogen) atoms. The molecule has 0 saturated carbocycles. The first-order valence-corrected chi connectivity index (χ1v) is 8.21. The smallest absolute Gasteiger partial charge is 0.453 e. The van der Waals surface area contributed by atoms with Crippen LogP contribution < -0.4 is 4.90 Å². The number of nitrogens with zero attached hydrogens (tertiary/aromatic N) is 4. The molecule has 0 aliphatic heterocycles. The van der Waals surface area contributed by atoms with E-state index in [0.717, 1.165) is 26.0 Å². The number of carbonyl (C=O) groups excluding carboxylic acids is 3. The second kappa shape index (κ2) is 7.97. The van der Waals surface area contributed by atoms with Crippen LogP contribution in [-0.2, 0) is 20.5 Å². The molecule has 2 amide bonds. The number of aromatic nitrogens is 3. The van der Waals surface area contributed by atoms with Crippen LogP contribution in [0.2, 0.25) is 0 Å². The van der Waals surface area contributed by atoms with E-state index in [1.807, 2.05) is 0 Å². The minimum atomic E-state index is -5.04. The number of halogens is 4. The first-order valence-electron chi connectivity index (χ1n) is 8.21. The number of anilines is 1. The third-order valence-corrected chi connectivity index (χ3v) is 3.69. The van der Waals surface area contributed by atoms with Crippen molar-refractivity contribution in [2.24, 2.45) is 0 Å². The zero-order valence-electron chi connectivity index (χ0n) is 15.8. The quantitative estimate of drug-likeness (QED) is 0.562. The molecular formula is C17H16F4N4O4. The standard InChI is InChI=1S/C17H16F4N4O4/c1-5-29-14(28)11-7-13(12(18)6-8(11)2)25-16(24(9(3)26)10(4)27)22-15(23-25)17(19,20)21/h6-7H,5H2,1-4H3. The Morgan fingerprint density at radius 1 is 1.17 bits per heavy atom. The lowest BCUT2D eigenvalue weighted by Crippen LogP contribution is -2.35. The van der Waals surface area contributed by atoms with E-state index in [1.54, 1.807) is 6.92 Å². The van der Waals surface area contributed by atoms with Crippen molar-refractivity contribution < 1.29 is 36.7 Å². The summed E-state index contributed by atoms with van der Waals surface area (Å²) in [7, 11) is 0. The molecule has 0 aliphatic rings. The average molecular weight is 416 g/mol. The van der Waals surface area contributed by atoms with Gasteiger partial charge in [0.15, 0.2) is 0 Å². The maximum absolute atomic E-state index is 14.6. The van der Waals surface area contributed by atoms with Crippen molar-refractivity contribution in [1.82, 2.24) is 14.8 Å². The summed E-state index contributed by atoms with van der Waals surface area (Å²) in [6, 6.07) is 1.81. The van der Waals surface area contributed by atoms with Crippen LogP contribution in [0.3, 0.4) is 0 Å². The second-order valence-corrected chi connectivity index (χ2v) is 5.86. The molecule has 0 saturated heterocycles. The number of alkyl halides is 3. The summed E-state index contributed by atoms with van der Waals surface area (Å²) in [5.74, 6) is -6.37. The van der Waals surface area contributed by atoms with E-state index in [9.17, 15) is 31.9 Å². The lowest BCUT2D eigenvalue weighted by Gasteiger charge is -2.17. The van der Waals surface area contributed by atoms with Crippen molar-refractivity contribution >= 4 is 23.7 Å². The highest BCUT2D eigenvalue weighted by molar-refractivity contribution is 6.12. The molecule has 8 nitrogen and oxygen atoms in total. The topological polar surface area (TPSA) is 94.4 Å². The largest absolute Gasteiger partial charge is 0.462 e. The maximum Gasteiger partial charge on any atom is 0.453 e. The van der Waals surface area contributed by atoms with Gasteiger partial charge in [-0.25, -0.2) is 14.1 Å². The Labute approximate surface area is 162 Å². The van der Waals surface area contributed by atoms with Crippen LogP contribution in [0.15, 0.2) is 12.1 Å². The number of hydrogen-bond acceptors (Lipinski definition) is 6. The Morgan fingerprint density at radius 3 is 2.24 bits per heavy atom. The third-order valence-electron chi connectivity index (χ3n) is 3.69. The van der Waals surface area contributed by atoms with Gasteiger partial charge in [-0.05, 0) is 31.5 Å². The zero-order chi connectivity index (χ0) is 22.1. The predicted molar refractivity (Wildman–Crippen MR) is 90.9 cm³/mol. The fourth-order valence-electron chi connectivity index (χ4n) is 2.49. The summed E-state index contributed by atoms with van der Waals surface area (Å²) in [6.45, 7) is 4.80. The summed E-state index contributed by atoms with van der Waals surface area (Å²) in [5, 5.41) is 3.22. The summed E-state index contributed by atoms with van der Waals surface area (Å²) < 4.78 is 59.2. The minimum absolute atomic E-state index is 0.0141. The number of amides is 2. The number of hydrogen-bond donors (Lipinski definition) is 0. The molecule has 0 fully saturated rings. The SMILES string of the molecule is CCOC(=O)c1cc(-n2nc(C(F)(F)F)nc2N(C(C)=O)C(C)=O)c(F)cc1C. The van der Waals surface area contributed by atoms with Gasteiger partial charge in [-0.2, -0.15) is 22.8 Å². The lowest BCUT2D eigenvalue weighted by atomic mass is 10.1. The number of aryl methyl sites for hydroxylation is 1. The van der Waals surface area contributed by atoms with Crippen LogP contribution in [-0.4, -0.2) is 39.2 Å². The molecule has 12 heteroatoms. The van der Waals surface area contributed by atoms with E-state index < -0.39 is 47.2 Å². The number of ether oxygens (including phenoxy) is 1. The van der Waals surface area contributed by atoms with Crippen molar-refractivity contribution in [1.29, 1.82) is 0 Å². The maximum atomic E-state index is 14.6. The van der Waals surface area contributed by atoms with Gasteiger partial charge in [-0.3, -0.25) is 9.59 Å². The predicted octanol–water partition coefficient (Wildman–Crippen LogP) is 2.81. The number of imide groups is 1. The molecule has 156 valence electrons. The van der Waals surface area contributed by atoms with Gasteiger partial charge < -0.3 is 4.74 Å². The van der Waals surface area contributed by atoms with Crippen LogP contribution in [0.5, 0.6) is 0 Å². The molecule has 2 rings (SSSR count). The Morgan fingerprint density at radius 2 is 1.76 bits per heavy atom. The first kappa shape index (κ1) is 22.0. The van der Waals surface area contributed by atoms with E-state index >= 15 is 0 Å². The highest BCUT2D eigenvalue weighted by Crippen LogP contribution is 2.31. The number of carbonyl (C=O) groups is 3. The Bertz CT molecular complexity index is 971. The van der Waals surface area contributed by atoms with E-state index in [1.165, 1.54) is 6.92 Å². The number of rotatable bonds is 4. The second-order valence-electron chi connectivity index (χ2n) is 5.86. The van der Waals surface area contributed by atoms with Crippen molar-refractivity contribution in [3.05, 3.63) is 34.9 Å². The van der Waals surface area contributed by atoms with Crippen molar-refractivity contribution in [2.75, 3.05) is 11.5 Å². The molecule has 0 spiro atoms. The van der Waals surface area contributed by atoms with Gasteiger partial charge in [-0.15, -0.1) is 5.10 Å². The Kier molecular flexibility index (Phi) is 6.04. The van der Waals surface area contributed by atoms with Gasteiger partial charge in [0.05, 0.1) is 12.2 Å². The van der Waals surface area contributed by atoms with E-state index in [4.69, 9.17) is 4.74 Å². The summed E-state index contributed by atoms with van der Waals surface area (Å²) >= 11 is 0. The monoisotopic (exact) mass is 416 g/mol. The fourth-order valence-corrected chi connectivity index (χ4v) is 2.49. The van der Waals surface area contributed by atoms with Crippen LogP contribution in [0, 0.1) is 12.7 Å². The highest BCUT2D eigenvalue weighted by atomic mass is 19.4. The van der Waals surface area contributed by atoms with Crippen LogP contribution >= 0.6 is 0 Å². The van der Waals surface area contributed by atoms with Gasteiger partial charge in [0, 0.05) is 13.8 Å². The third kappa shape index (κ3) is 4.41. The molecule has 2 aromatic rings. The molecular weight excluding hydrogens is 400 g/mol. The number of esters is 1. The Balaban J connectivity index is 2.81. The normalized spacial score (nSPS) is 11.3. The molecule has 0 N–H and O–H groups in total. The summed E-state index contributed by atoms with van der Waals surface area (Å²) in [5.41, 5.74) is -0.586. The first-order chi connectivity index (χ1) is 13.4. The average Bonchev–Trinajstić information content (AvgIpc) is 2.99. The molecule has 0 atom stereocenters. The molecule has 0 radical (unpaired) electrons. The van der Waals surface area contributed by atoms with Gasteiger partial charge in [0.25, 0.3) is 5.82 Å². The summed E-state index contributed by atoms with van der Waals surface area (Å²) in [6.07, 6.45) is -5.04. The zero-order valence-corrected chi connectivity index (χ0v) is 15.8. The fraction of sp³-hybridized carbons (Fsp3) is 0.353. The van der Waals surface area contributed by atoms with Gasteiger partial charge >= 0.3 is 12.1 Å². The van der Waals surface area contributed by atoms with Crippen molar-refractivity contribution in [3.63, 3.8) is 0 Å². The molecule has 0 bridgehead atoms. The minimum Gasteiger partial charge on any atom is -0.462 e. The molecule has 1 aromatic carbocycles.